The fourth-order valence-electron chi connectivity index (χ4n) is 1.70. The van der Waals surface area contributed by atoms with Crippen molar-refractivity contribution in [2.75, 3.05) is 39.3 Å². The molecule has 0 radical (unpaired) electrons. The predicted octanol–water partition coefficient (Wildman–Crippen LogP) is 2.65. The smallest absolute Gasteiger partial charge is 0.120 e. The molecule has 1 aromatic rings. The van der Waals surface area contributed by atoms with Crippen LogP contribution in [-0.2, 0) is 0 Å². The maximum absolute atomic E-state index is 5.87. The first-order chi connectivity index (χ1) is 8.76. The average molecular weight is 271 g/mol. The summed E-state index contributed by atoms with van der Waals surface area (Å²) < 4.78 is 5.59. The second-order valence-electron chi connectivity index (χ2n) is 4.08. The molecule has 0 spiro atoms. The summed E-state index contributed by atoms with van der Waals surface area (Å²) >= 11 is 5.87. The molecule has 0 amide bonds. The number of halogens is 1. The lowest BCUT2D eigenvalue weighted by molar-refractivity contribution is 0.285. The van der Waals surface area contributed by atoms with Crippen LogP contribution in [0.3, 0.4) is 0 Å². The van der Waals surface area contributed by atoms with E-state index in [9.17, 15) is 0 Å². The van der Waals surface area contributed by atoms with Gasteiger partial charge in [-0.3, -0.25) is 0 Å². The van der Waals surface area contributed by atoms with Crippen molar-refractivity contribution in [2.24, 2.45) is 0 Å². The number of benzene rings is 1. The van der Waals surface area contributed by atoms with Crippen LogP contribution in [0.15, 0.2) is 24.3 Å². The number of nitrogens with one attached hydrogen (secondary N) is 1. The minimum absolute atomic E-state index is 0.665. The zero-order valence-corrected chi connectivity index (χ0v) is 12.0. The van der Waals surface area contributed by atoms with E-state index < -0.39 is 0 Å². The van der Waals surface area contributed by atoms with Crippen LogP contribution >= 0.6 is 11.6 Å². The second-order valence-corrected chi connectivity index (χ2v) is 4.52. The number of likely N-dealkylation sites (N-methyl/N-ethyl adjacent to an activating group) is 1. The third kappa shape index (κ3) is 6.24. The topological polar surface area (TPSA) is 24.5 Å². The Bertz CT molecular complexity index is 329. The third-order valence-corrected chi connectivity index (χ3v) is 3.08. The van der Waals surface area contributed by atoms with Crippen LogP contribution < -0.4 is 10.1 Å². The maximum Gasteiger partial charge on any atom is 0.120 e. The molecule has 1 rings (SSSR count). The summed E-state index contributed by atoms with van der Waals surface area (Å²) in [6.07, 6.45) is 0. The largest absolute Gasteiger partial charge is 0.492 e. The fraction of sp³-hybridized carbons (Fsp3) is 0.571. The van der Waals surface area contributed by atoms with Gasteiger partial charge >= 0.3 is 0 Å². The van der Waals surface area contributed by atoms with E-state index in [2.05, 4.69) is 24.1 Å². The molecule has 4 heteroatoms. The Morgan fingerprint density at radius 1 is 1.22 bits per heavy atom. The molecule has 0 fully saturated rings. The van der Waals surface area contributed by atoms with Crippen molar-refractivity contribution < 1.29 is 4.74 Å². The first-order valence-electron chi connectivity index (χ1n) is 6.57. The number of ether oxygens (including phenoxy) is 1. The molecule has 0 unspecified atom stereocenters. The van der Waals surface area contributed by atoms with Gasteiger partial charge in [0.1, 0.15) is 12.4 Å². The molecule has 0 atom stereocenters. The summed E-state index contributed by atoms with van der Waals surface area (Å²) in [7, 11) is 0. The van der Waals surface area contributed by atoms with Crippen molar-refractivity contribution in [1.82, 2.24) is 10.2 Å². The molecule has 0 heterocycles. The summed E-state index contributed by atoms with van der Waals surface area (Å²) in [5, 5.41) is 4.08. The molecule has 0 bridgehead atoms. The Hall–Kier alpha value is -0.770. The highest BCUT2D eigenvalue weighted by molar-refractivity contribution is 6.30. The molecule has 1 aromatic carbocycles. The summed E-state index contributed by atoms with van der Waals surface area (Å²) in [4.78, 5) is 2.39. The molecule has 0 saturated carbocycles. The van der Waals surface area contributed by atoms with Crippen molar-refractivity contribution in [1.29, 1.82) is 0 Å². The molecular weight excluding hydrogens is 248 g/mol. The standard InChI is InChI=1S/C14H23ClN2O/c1-3-17(4-2)10-8-16-9-11-18-14-7-5-6-13(15)12-14/h5-7,12,16H,3-4,8-11H2,1-2H3. The van der Waals surface area contributed by atoms with E-state index in [1.807, 2.05) is 24.3 Å². The van der Waals surface area contributed by atoms with Gasteiger partial charge in [0.15, 0.2) is 0 Å². The van der Waals surface area contributed by atoms with Crippen molar-refractivity contribution in [3.8, 4) is 5.75 Å². The second kappa shape index (κ2) is 9.20. The molecule has 0 aromatic heterocycles. The predicted molar refractivity (Wildman–Crippen MR) is 77.6 cm³/mol. The van der Waals surface area contributed by atoms with E-state index in [0.717, 1.165) is 38.5 Å². The number of nitrogens with zero attached hydrogens (tertiary/aromatic N) is 1. The minimum Gasteiger partial charge on any atom is -0.492 e. The lowest BCUT2D eigenvalue weighted by Crippen LogP contribution is -2.33. The molecular formula is C14H23ClN2O. The summed E-state index contributed by atoms with van der Waals surface area (Å²) in [6, 6.07) is 7.49. The highest BCUT2D eigenvalue weighted by Crippen LogP contribution is 2.16. The monoisotopic (exact) mass is 270 g/mol. The van der Waals surface area contributed by atoms with Crippen LogP contribution in [0, 0.1) is 0 Å². The molecule has 18 heavy (non-hydrogen) atoms. The molecule has 3 nitrogen and oxygen atoms in total. The third-order valence-electron chi connectivity index (χ3n) is 2.84. The Balaban J connectivity index is 2.05. The Labute approximate surface area is 115 Å². The van der Waals surface area contributed by atoms with E-state index in [1.54, 1.807) is 0 Å². The average Bonchev–Trinajstić information content (AvgIpc) is 2.38. The van der Waals surface area contributed by atoms with E-state index in [0.29, 0.717) is 11.6 Å². The Kier molecular flexibility index (Phi) is 7.81. The van der Waals surface area contributed by atoms with Gasteiger partial charge in [0.25, 0.3) is 0 Å². The van der Waals surface area contributed by atoms with Crippen molar-refractivity contribution in [3.05, 3.63) is 29.3 Å². The van der Waals surface area contributed by atoms with Gasteiger partial charge in [-0.25, -0.2) is 0 Å². The lowest BCUT2D eigenvalue weighted by Gasteiger charge is -2.18. The van der Waals surface area contributed by atoms with Crippen LogP contribution in [-0.4, -0.2) is 44.2 Å². The Morgan fingerprint density at radius 2 is 2.00 bits per heavy atom. The molecule has 1 N–H and O–H groups in total. The van der Waals surface area contributed by atoms with Gasteiger partial charge in [0.05, 0.1) is 0 Å². The van der Waals surface area contributed by atoms with E-state index in [-0.39, 0.29) is 0 Å². The molecule has 102 valence electrons. The van der Waals surface area contributed by atoms with Crippen LogP contribution in [0.5, 0.6) is 5.75 Å². The van der Waals surface area contributed by atoms with Crippen LogP contribution in [0.1, 0.15) is 13.8 Å². The summed E-state index contributed by atoms with van der Waals surface area (Å²) in [6.45, 7) is 10.2. The van der Waals surface area contributed by atoms with E-state index in [1.165, 1.54) is 0 Å². The number of hydrogen-bond donors (Lipinski definition) is 1. The van der Waals surface area contributed by atoms with Gasteiger partial charge in [0.2, 0.25) is 0 Å². The van der Waals surface area contributed by atoms with Gasteiger partial charge in [-0.2, -0.15) is 0 Å². The first-order valence-corrected chi connectivity index (χ1v) is 6.95. The van der Waals surface area contributed by atoms with Crippen molar-refractivity contribution in [2.45, 2.75) is 13.8 Å². The Morgan fingerprint density at radius 3 is 2.67 bits per heavy atom. The summed E-state index contributed by atoms with van der Waals surface area (Å²) in [5.41, 5.74) is 0. The van der Waals surface area contributed by atoms with Gasteiger partial charge in [0, 0.05) is 24.7 Å². The minimum atomic E-state index is 0.665. The van der Waals surface area contributed by atoms with Crippen LogP contribution in [0.25, 0.3) is 0 Å². The molecule has 0 aliphatic carbocycles. The molecule has 0 saturated heterocycles. The molecule has 0 aliphatic rings. The summed E-state index contributed by atoms with van der Waals surface area (Å²) in [5.74, 6) is 0.827. The number of rotatable bonds is 9. The van der Waals surface area contributed by atoms with E-state index >= 15 is 0 Å². The van der Waals surface area contributed by atoms with Gasteiger partial charge in [-0.1, -0.05) is 31.5 Å². The maximum atomic E-state index is 5.87. The highest BCUT2D eigenvalue weighted by Gasteiger charge is 1.98. The van der Waals surface area contributed by atoms with Crippen molar-refractivity contribution in [3.63, 3.8) is 0 Å². The van der Waals surface area contributed by atoms with Crippen LogP contribution in [0.2, 0.25) is 5.02 Å². The molecule has 0 aliphatic heterocycles. The number of hydrogen-bond acceptors (Lipinski definition) is 3. The fourth-order valence-corrected chi connectivity index (χ4v) is 1.88. The zero-order valence-electron chi connectivity index (χ0n) is 11.3. The first kappa shape index (κ1) is 15.3. The zero-order chi connectivity index (χ0) is 13.2. The highest BCUT2D eigenvalue weighted by atomic mass is 35.5. The lowest BCUT2D eigenvalue weighted by atomic mass is 10.3. The quantitative estimate of drug-likeness (QED) is 0.698. The van der Waals surface area contributed by atoms with Gasteiger partial charge in [-0.15, -0.1) is 0 Å². The van der Waals surface area contributed by atoms with E-state index in [4.69, 9.17) is 16.3 Å². The van der Waals surface area contributed by atoms with Crippen molar-refractivity contribution >= 4 is 11.6 Å². The van der Waals surface area contributed by atoms with Crippen LogP contribution in [0.4, 0.5) is 0 Å². The SMILES string of the molecule is CCN(CC)CCNCCOc1cccc(Cl)c1. The van der Waals surface area contributed by atoms with Gasteiger partial charge < -0.3 is 15.0 Å². The normalized spacial score (nSPS) is 10.9. The van der Waals surface area contributed by atoms with Gasteiger partial charge in [-0.05, 0) is 31.3 Å².